The van der Waals surface area contributed by atoms with E-state index in [1.54, 1.807) is 0 Å². The van der Waals surface area contributed by atoms with Gasteiger partial charge in [0.15, 0.2) is 0 Å². The zero-order valence-corrected chi connectivity index (χ0v) is 9.72. The lowest BCUT2D eigenvalue weighted by Gasteiger charge is -2.44. The van der Waals surface area contributed by atoms with Crippen LogP contribution in [0.2, 0.25) is 0 Å². The summed E-state index contributed by atoms with van der Waals surface area (Å²) in [4.78, 5) is 2.52. The standard InChI is InChI=1S/C12H18ClN/c1-3-14-7-5-10-8-11(13)4-6-12(10,2)9-14/h4,6,8,10H,3,5,7,9H2,1-2H3. The highest BCUT2D eigenvalue weighted by Crippen LogP contribution is 2.41. The van der Waals surface area contributed by atoms with E-state index in [1.165, 1.54) is 19.5 Å². The third kappa shape index (κ3) is 1.76. The van der Waals surface area contributed by atoms with Gasteiger partial charge < -0.3 is 4.90 Å². The molecule has 1 aliphatic heterocycles. The molecule has 0 aromatic heterocycles. The predicted octanol–water partition coefficient (Wildman–Crippen LogP) is 3.03. The van der Waals surface area contributed by atoms with Gasteiger partial charge in [0.2, 0.25) is 0 Å². The first-order valence-corrected chi connectivity index (χ1v) is 5.81. The van der Waals surface area contributed by atoms with Crippen molar-refractivity contribution in [1.29, 1.82) is 0 Å². The van der Waals surface area contributed by atoms with Crippen LogP contribution in [0.1, 0.15) is 20.3 Å². The number of allylic oxidation sites excluding steroid dienone is 3. The van der Waals surface area contributed by atoms with Gasteiger partial charge in [0.25, 0.3) is 0 Å². The van der Waals surface area contributed by atoms with Crippen molar-refractivity contribution in [3.05, 3.63) is 23.3 Å². The Hall–Kier alpha value is -0.270. The largest absolute Gasteiger partial charge is 0.303 e. The molecule has 1 nitrogen and oxygen atoms in total. The Kier molecular flexibility index (Phi) is 2.72. The van der Waals surface area contributed by atoms with Crippen LogP contribution < -0.4 is 0 Å². The number of nitrogens with zero attached hydrogens (tertiary/aromatic N) is 1. The minimum atomic E-state index is 0.312. The second-order valence-corrected chi connectivity index (χ2v) is 5.09. The SMILES string of the molecule is CCN1CCC2C=C(Cl)C=CC2(C)C1. The van der Waals surface area contributed by atoms with Crippen LogP contribution in [0.4, 0.5) is 0 Å². The minimum Gasteiger partial charge on any atom is -0.303 e. The first kappa shape index (κ1) is 10.3. The van der Waals surface area contributed by atoms with Crippen LogP contribution in [-0.4, -0.2) is 24.5 Å². The van der Waals surface area contributed by atoms with Gasteiger partial charge in [-0.2, -0.15) is 0 Å². The number of hydrogen-bond acceptors (Lipinski definition) is 1. The molecule has 1 heterocycles. The van der Waals surface area contributed by atoms with Crippen molar-refractivity contribution in [2.45, 2.75) is 20.3 Å². The second kappa shape index (κ2) is 3.71. The maximum atomic E-state index is 6.03. The van der Waals surface area contributed by atoms with Crippen molar-refractivity contribution in [1.82, 2.24) is 4.90 Å². The highest BCUT2D eigenvalue weighted by Gasteiger charge is 2.37. The van der Waals surface area contributed by atoms with E-state index in [1.807, 2.05) is 0 Å². The molecule has 1 fully saturated rings. The summed E-state index contributed by atoms with van der Waals surface area (Å²) in [5.41, 5.74) is 0.312. The van der Waals surface area contributed by atoms with E-state index < -0.39 is 0 Å². The summed E-state index contributed by atoms with van der Waals surface area (Å²) in [5, 5.41) is 0.914. The molecule has 1 aliphatic carbocycles. The molecule has 2 heteroatoms. The normalized spacial score (nSPS) is 37.9. The highest BCUT2D eigenvalue weighted by molar-refractivity contribution is 6.31. The van der Waals surface area contributed by atoms with E-state index in [-0.39, 0.29) is 0 Å². The minimum absolute atomic E-state index is 0.312. The molecular formula is C12H18ClN. The molecule has 0 aromatic carbocycles. The maximum Gasteiger partial charge on any atom is 0.0366 e. The lowest BCUT2D eigenvalue weighted by molar-refractivity contribution is 0.104. The van der Waals surface area contributed by atoms with Crippen LogP contribution >= 0.6 is 11.6 Å². The first-order valence-electron chi connectivity index (χ1n) is 5.43. The number of hydrogen-bond donors (Lipinski definition) is 0. The number of likely N-dealkylation sites (tertiary alicyclic amines) is 1. The molecule has 1 saturated heterocycles. The molecule has 2 rings (SSSR count). The van der Waals surface area contributed by atoms with Crippen LogP contribution in [0.25, 0.3) is 0 Å². The Bertz CT molecular complexity index is 282. The summed E-state index contributed by atoms with van der Waals surface area (Å²) in [5.74, 6) is 0.641. The van der Waals surface area contributed by atoms with Gasteiger partial charge in [0, 0.05) is 17.0 Å². The Balaban J connectivity index is 2.17. The van der Waals surface area contributed by atoms with Crippen molar-refractivity contribution in [2.75, 3.05) is 19.6 Å². The number of rotatable bonds is 1. The van der Waals surface area contributed by atoms with Crippen LogP contribution in [0, 0.1) is 11.3 Å². The molecule has 0 aromatic rings. The molecule has 0 amide bonds. The van der Waals surface area contributed by atoms with Crippen LogP contribution in [0.3, 0.4) is 0 Å². The van der Waals surface area contributed by atoms with Crippen molar-refractivity contribution in [3.8, 4) is 0 Å². The monoisotopic (exact) mass is 211 g/mol. The van der Waals surface area contributed by atoms with Crippen molar-refractivity contribution in [3.63, 3.8) is 0 Å². The number of piperidine rings is 1. The van der Waals surface area contributed by atoms with Gasteiger partial charge in [0.1, 0.15) is 0 Å². The third-order valence-electron chi connectivity index (χ3n) is 3.60. The fourth-order valence-electron chi connectivity index (χ4n) is 2.57. The highest BCUT2D eigenvalue weighted by atomic mass is 35.5. The maximum absolute atomic E-state index is 6.03. The van der Waals surface area contributed by atoms with Gasteiger partial charge in [-0.05, 0) is 31.5 Å². The quantitative estimate of drug-likeness (QED) is 0.645. The molecule has 0 spiro atoms. The number of halogens is 1. The lowest BCUT2D eigenvalue weighted by atomic mass is 9.70. The van der Waals surface area contributed by atoms with Gasteiger partial charge in [-0.15, -0.1) is 0 Å². The molecule has 0 radical (unpaired) electrons. The van der Waals surface area contributed by atoms with E-state index in [0.29, 0.717) is 11.3 Å². The molecule has 0 bridgehead atoms. The summed E-state index contributed by atoms with van der Waals surface area (Å²) >= 11 is 6.03. The Morgan fingerprint density at radius 2 is 2.43 bits per heavy atom. The van der Waals surface area contributed by atoms with E-state index >= 15 is 0 Å². The van der Waals surface area contributed by atoms with Crippen LogP contribution in [0.15, 0.2) is 23.3 Å². The number of fused-ring (bicyclic) bond motifs is 1. The molecule has 2 unspecified atom stereocenters. The average Bonchev–Trinajstić information content (AvgIpc) is 2.18. The van der Waals surface area contributed by atoms with Gasteiger partial charge in [-0.3, -0.25) is 0 Å². The first-order chi connectivity index (χ1) is 6.64. The van der Waals surface area contributed by atoms with E-state index in [0.717, 1.165) is 11.6 Å². The summed E-state index contributed by atoms with van der Waals surface area (Å²) < 4.78 is 0. The van der Waals surface area contributed by atoms with Crippen LogP contribution in [-0.2, 0) is 0 Å². The zero-order valence-electron chi connectivity index (χ0n) is 8.96. The Labute approximate surface area is 91.4 Å². The van der Waals surface area contributed by atoms with Crippen LogP contribution in [0.5, 0.6) is 0 Å². The Morgan fingerprint density at radius 3 is 3.14 bits per heavy atom. The zero-order chi connectivity index (χ0) is 10.2. The van der Waals surface area contributed by atoms with E-state index in [9.17, 15) is 0 Å². The van der Waals surface area contributed by atoms with Gasteiger partial charge in [-0.1, -0.05) is 37.6 Å². The predicted molar refractivity (Wildman–Crippen MR) is 61.4 cm³/mol. The van der Waals surface area contributed by atoms with E-state index in [4.69, 9.17) is 11.6 Å². The van der Waals surface area contributed by atoms with Gasteiger partial charge in [-0.25, -0.2) is 0 Å². The summed E-state index contributed by atoms with van der Waals surface area (Å²) in [7, 11) is 0. The molecule has 2 atom stereocenters. The summed E-state index contributed by atoms with van der Waals surface area (Å²) in [6.07, 6.45) is 7.82. The summed E-state index contributed by atoms with van der Waals surface area (Å²) in [6.45, 7) is 8.12. The van der Waals surface area contributed by atoms with Crippen molar-refractivity contribution >= 4 is 11.6 Å². The van der Waals surface area contributed by atoms with Crippen molar-refractivity contribution in [2.24, 2.45) is 11.3 Å². The second-order valence-electron chi connectivity index (χ2n) is 4.65. The fourth-order valence-corrected chi connectivity index (χ4v) is 2.78. The molecule has 14 heavy (non-hydrogen) atoms. The molecule has 2 aliphatic rings. The molecular weight excluding hydrogens is 194 g/mol. The third-order valence-corrected chi connectivity index (χ3v) is 3.85. The topological polar surface area (TPSA) is 3.24 Å². The smallest absolute Gasteiger partial charge is 0.0366 e. The molecule has 0 saturated carbocycles. The lowest BCUT2D eigenvalue weighted by Crippen LogP contribution is -2.46. The van der Waals surface area contributed by atoms with E-state index in [2.05, 4.69) is 37.0 Å². The summed E-state index contributed by atoms with van der Waals surface area (Å²) in [6, 6.07) is 0. The van der Waals surface area contributed by atoms with Gasteiger partial charge in [0.05, 0.1) is 0 Å². The molecule has 78 valence electrons. The van der Waals surface area contributed by atoms with Gasteiger partial charge >= 0.3 is 0 Å². The fraction of sp³-hybridized carbons (Fsp3) is 0.667. The molecule has 0 N–H and O–H groups in total. The average molecular weight is 212 g/mol. The van der Waals surface area contributed by atoms with Crippen molar-refractivity contribution < 1.29 is 0 Å². The Morgan fingerprint density at radius 1 is 1.64 bits per heavy atom.